The first-order valence-corrected chi connectivity index (χ1v) is 8.15. The SMILES string of the molecule is CCCCCC(=O)c1cc(C)c(OC(=O)CI)cc1O. The molecular weight excluding hydrogens is 371 g/mol. The number of rotatable bonds is 7. The van der Waals surface area contributed by atoms with Crippen molar-refractivity contribution in [1.82, 2.24) is 0 Å². The number of aryl methyl sites for hydroxylation is 1. The van der Waals surface area contributed by atoms with Gasteiger partial charge in [-0.3, -0.25) is 9.59 Å². The number of ketones is 1. The number of unbranched alkanes of at least 4 members (excludes halogenated alkanes) is 2. The Morgan fingerprint density at radius 1 is 1.30 bits per heavy atom. The third-order valence-electron chi connectivity index (χ3n) is 2.93. The van der Waals surface area contributed by atoms with E-state index in [1.165, 1.54) is 6.07 Å². The Kier molecular flexibility index (Phi) is 6.98. The normalized spacial score (nSPS) is 10.3. The van der Waals surface area contributed by atoms with Gasteiger partial charge >= 0.3 is 5.97 Å². The highest BCUT2D eigenvalue weighted by Crippen LogP contribution is 2.29. The van der Waals surface area contributed by atoms with Gasteiger partial charge in [-0.25, -0.2) is 0 Å². The van der Waals surface area contributed by atoms with Crippen molar-refractivity contribution in [3.8, 4) is 11.5 Å². The van der Waals surface area contributed by atoms with Gasteiger partial charge in [0.2, 0.25) is 0 Å². The molecule has 0 aliphatic rings. The van der Waals surface area contributed by atoms with Gasteiger partial charge in [-0.05, 0) is 25.0 Å². The van der Waals surface area contributed by atoms with E-state index in [9.17, 15) is 14.7 Å². The molecule has 0 heterocycles. The summed E-state index contributed by atoms with van der Waals surface area (Å²) in [6.45, 7) is 3.82. The van der Waals surface area contributed by atoms with Crippen LogP contribution in [0.1, 0.15) is 48.5 Å². The molecule has 0 aliphatic carbocycles. The number of carbonyl (C=O) groups excluding carboxylic acids is 2. The molecule has 1 aromatic carbocycles. The summed E-state index contributed by atoms with van der Waals surface area (Å²) >= 11 is 1.91. The minimum atomic E-state index is -0.380. The van der Waals surface area contributed by atoms with Crippen molar-refractivity contribution in [1.29, 1.82) is 0 Å². The molecule has 4 nitrogen and oxygen atoms in total. The third-order valence-corrected chi connectivity index (χ3v) is 3.56. The Bertz CT molecular complexity index is 497. The van der Waals surface area contributed by atoms with Crippen LogP contribution in [0.15, 0.2) is 12.1 Å². The molecular formula is C15H19IO4. The fourth-order valence-electron chi connectivity index (χ4n) is 1.83. The van der Waals surface area contributed by atoms with E-state index in [-0.39, 0.29) is 21.9 Å². The second kappa shape index (κ2) is 8.24. The number of phenols is 1. The minimum Gasteiger partial charge on any atom is -0.507 e. The summed E-state index contributed by atoms with van der Waals surface area (Å²) in [4.78, 5) is 23.3. The van der Waals surface area contributed by atoms with Crippen molar-refractivity contribution in [2.24, 2.45) is 0 Å². The smallest absolute Gasteiger partial charge is 0.321 e. The molecule has 1 aromatic rings. The van der Waals surface area contributed by atoms with Gasteiger partial charge in [-0.2, -0.15) is 0 Å². The number of benzene rings is 1. The first kappa shape index (κ1) is 16.9. The van der Waals surface area contributed by atoms with Crippen LogP contribution in [0.3, 0.4) is 0 Å². The fraction of sp³-hybridized carbons (Fsp3) is 0.467. The van der Waals surface area contributed by atoms with E-state index < -0.39 is 0 Å². The van der Waals surface area contributed by atoms with E-state index in [4.69, 9.17) is 4.74 Å². The number of halogens is 1. The van der Waals surface area contributed by atoms with Crippen LogP contribution >= 0.6 is 22.6 Å². The summed E-state index contributed by atoms with van der Waals surface area (Å²) in [6, 6.07) is 2.92. The second-order valence-corrected chi connectivity index (χ2v) is 5.39. The van der Waals surface area contributed by atoms with E-state index in [1.54, 1.807) is 13.0 Å². The van der Waals surface area contributed by atoms with Crippen LogP contribution in [-0.2, 0) is 4.79 Å². The largest absolute Gasteiger partial charge is 0.507 e. The molecule has 0 unspecified atom stereocenters. The predicted molar refractivity (Wildman–Crippen MR) is 85.8 cm³/mol. The monoisotopic (exact) mass is 390 g/mol. The topological polar surface area (TPSA) is 63.6 Å². The van der Waals surface area contributed by atoms with Crippen LogP contribution in [-0.4, -0.2) is 21.3 Å². The molecule has 0 aliphatic heterocycles. The average Bonchev–Trinajstić information content (AvgIpc) is 2.42. The molecule has 0 saturated carbocycles. The van der Waals surface area contributed by atoms with Gasteiger partial charge in [-0.1, -0.05) is 42.4 Å². The second-order valence-electron chi connectivity index (χ2n) is 4.62. The summed E-state index contributed by atoms with van der Waals surface area (Å²) < 4.78 is 5.32. The van der Waals surface area contributed by atoms with Crippen molar-refractivity contribution in [3.05, 3.63) is 23.3 Å². The molecule has 20 heavy (non-hydrogen) atoms. The summed E-state index contributed by atoms with van der Waals surface area (Å²) in [5.41, 5.74) is 0.965. The minimum absolute atomic E-state index is 0.0779. The van der Waals surface area contributed by atoms with Crippen LogP contribution < -0.4 is 4.74 Å². The summed E-state index contributed by atoms with van der Waals surface area (Å²) in [5.74, 6) is -0.288. The number of hydrogen-bond donors (Lipinski definition) is 1. The number of hydrogen-bond acceptors (Lipinski definition) is 4. The van der Waals surface area contributed by atoms with Crippen molar-refractivity contribution in [2.45, 2.75) is 39.5 Å². The number of ether oxygens (including phenoxy) is 1. The molecule has 0 bridgehead atoms. The summed E-state index contributed by atoms with van der Waals surface area (Å²) in [5, 5.41) is 9.91. The number of alkyl halides is 1. The highest BCUT2D eigenvalue weighted by molar-refractivity contribution is 14.1. The van der Waals surface area contributed by atoms with Crippen molar-refractivity contribution < 1.29 is 19.4 Å². The quantitative estimate of drug-likeness (QED) is 0.192. The average molecular weight is 390 g/mol. The molecule has 1 N–H and O–H groups in total. The molecule has 0 amide bonds. The Hall–Kier alpha value is -1.11. The van der Waals surface area contributed by atoms with Gasteiger partial charge < -0.3 is 9.84 Å². The zero-order valence-corrected chi connectivity index (χ0v) is 13.9. The van der Waals surface area contributed by atoms with Crippen LogP contribution in [0.2, 0.25) is 0 Å². The van der Waals surface area contributed by atoms with E-state index in [0.29, 0.717) is 23.3 Å². The molecule has 0 saturated heterocycles. The highest BCUT2D eigenvalue weighted by atomic mass is 127. The van der Waals surface area contributed by atoms with Gasteiger partial charge in [-0.15, -0.1) is 0 Å². The molecule has 0 spiro atoms. The van der Waals surface area contributed by atoms with Gasteiger partial charge in [0.25, 0.3) is 0 Å². The van der Waals surface area contributed by atoms with E-state index in [0.717, 1.165) is 19.3 Å². The maximum Gasteiger partial charge on any atom is 0.321 e. The highest BCUT2D eigenvalue weighted by Gasteiger charge is 2.15. The number of phenolic OH excluding ortho intramolecular Hbond substituents is 1. The number of carbonyl (C=O) groups is 2. The molecule has 0 fully saturated rings. The molecule has 1 rings (SSSR count). The maximum absolute atomic E-state index is 12.0. The Morgan fingerprint density at radius 3 is 2.60 bits per heavy atom. The fourth-order valence-corrected chi connectivity index (χ4v) is 1.99. The van der Waals surface area contributed by atoms with Crippen molar-refractivity contribution >= 4 is 34.3 Å². The van der Waals surface area contributed by atoms with Crippen LogP contribution in [0, 0.1) is 6.92 Å². The van der Waals surface area contributed by atoms with E-state index >= 15 is 0 Å². The lowest BCUT2D eigenvalue weighted by Crippen LogP contribution is -2.10. The van der Waals surface area contributed by atoms with Crippen LogP contribution in [0.25, 0.3) is 0 Å². The molecule has 0 radical (unpaired) electrons. The van der Waals surface area contributed by atoms with Crippen LogP contribution in [0.5, 0.6) is 11.5 Å². The van der Waals surface area contributed by atoms with Crippen molar-refractivity contribution in [2.75, 3.05) is 4.43 Å². The lowest BCUT2D eigenvalue weighted by atomic mass is 10.0. The third kappa shape index (κ3) is 4.77. The summed E-state index contributed by atoms with van der Waals surface area (Å²) in [7, 11) is 0. The van der Waals surface area contributed by atoms with E-state index in [1.807, 2.05) is 22.6 Å². The Balaban J connectivity index is 2.87. The standard InChI is InChI=1S/C15H19IO4/c1-3-4-5-6-12(17)11-7-10(2)14(8-13(11)18)20-15(19)9-16/h7-8,18H,3-6,9H2,1-2H3. The zero-order valence-electron chi connectivity index (χ0n) is 11.7. The van der Waals surface area contributed by atoms with Gasteiger partial charge in [0.05, 0.1) is 9.99 Å². The molecule has 5 heteroatoms. The van der Waals surface area contributed by atoms with Crippen LogP contribution in [0.4, 0.5) is 0 Å². The van der Waals surface area contributed by atoms with Gasteiger partial charge in [0, 0.05) is 12.5 Å². The zero-order chi connectivity index (χ0) is 15.1. The first-order valence-electron chi connectivity index (χ1n) is 6.63. The lowest BCUT2D eigenvalue weighted by Gasteiger charge is -2.10. The van der Waals surface area contributed by atoms with Gasteiger partial charge in [0.1, 0.15) is 11.5 Å². The predicted octanol–water partition coefficient (Wildman–Crippen LogP) is 3.80. The Morgan fingerprint density at radius 2 is 2.00 bits per heavy atom. The maximum atomic E-state index is 12.0. The molecule has 0 atom stereocenters. The molecule has 0 aromatic heterocycles. The number of esters is 1. The first-order chi connectivity index (χ1) is 9.49. The summed E-state index contributed by atoms with van der Waals surface area (Å²) in [6.07, 6.45) is 3.29. The van der Waals surface area contributed by atoms with Crippen molar-refractivity contribution in [3.63, 3.8) is 0 Å². The Labute approximate surface area is 132 Å². The lowest BCUT2D eigenvalue weighted by molar-refractivity contribution is -0.131. The van der Waals surface area contributed by atoms with E-state index in [2.05, 4.69) is 6.92 Å². The number of Topliss-reactive ketones (excluding diaryl/α,β-unsaturated/α-hetero) is 1. The van der Waals surface area contributed by atoms with Gasteiger partial charge in [0.15, 0.2) is 5.78 Å². The molecule has 110 valence electrons. The number of aromatic hydroxyl groups is 1.